The number of hydrogen-bond acceptors (Lipinski definition) is 4. The molecule has 4 rings (SSSR count). The summed E-state index contributed by atoms with van der Waals surface area (Å²) in [6.07, 6.45) is 1.43. The van der Waals surface area contributed by atoms with E-state index in [0.29, 0.717) is 18.6 Å². The highest BCUT2D eigenvalue weighted by atomic mass is 16.5. The molecule has 29 heavy (non-hydrogen) atoms. The lowest BCUT2D eigenvalue weighted by Gasteiger charge is -2.47. The van der Waals surface area contributed by atoms with E-state index < -0.39 is 0 Å². The summed E-state index contributed by atoms with van der Waals surface area (Å²) in [5.41, 5.74) is 2.41. The molecule has 1 heterocycles. The van der Waals surface area contributed by atoms with Crippen molar-refractivity contribution >= 4 is 22.5 Å². The lowest BCUT2D eigenvalue weighted by molar-refractivity contribution is -0.139. The van der Waals surface area contributed by atoms with E-state index >= 15 is 0 Å². The zero-order valence-electron chi connectivity index (χ0n) is 17.6. The highest BCUT2D eigenvalue weighted by Crippen LogP contribution is 2.49. The van der Waals surface area contributed by atoms with Crippen molar-refractivity contribution in [2.45, 2.75) is 52.5 Å². The molecule has 1 fully saturated rings. The van der Waals surface area contributed by atoms with Crippen molar-refractivity contribution in [2.75, 3.05) is 6.61 Å². The van der Waals surface area contributed by atoms with Crippen LogP contribution in [0.15, 0.2) is 53.7 Å². The molecule has 4 nitrogen and oxygen atoms in total. The average Bonchev–Trinajstić information content (AvgIpc) is 2.65. The molecule has 1 aliphatic carbocycles. The van der Waals surface area contributed by atoms with Crippen molar-refractivity contribution < 1.29 is 14.3 Å². The van der Waals surface area contributed by atoms with Crippen LogP contribution < -0.4 is 5.32 Å². The number of ketones is 1. The summed E-state index contributed by atoms with van der Waals surface area (Å²) in [5.74, 6) is -0.663. The molecule has 0 aromatic heterocycles. The molecule has 1 N–H and O–H groups in total. The number of ether oxygens (including phenoxy) is 1. The molecule has 152 valence electrons. The fourth-order valence-electron chi connectivity index (χ4n) is 5.30. The van der Waals surface area contributed by atoms with Gasteiger partial charge in [0.05, 0.1) is 12.2 Å². The van der Waals surface area contributed by atoms with Crippen LogP contribution in [-0.2, 0) is 14.3 Å². The number of rotatable bonds is 3. The summed E-state index contributed by atoms with van der Waals surface area (Å²) in [5, 5.41) is 5.71. The number of benzene rings is 2. The Bertz CT molecular complexity index is 999. The van der Waals surface area contributed by atoms with E-state index in [4.69, 9.17) is 4.74 Å². The Labute approximate surface area is 172 Å². The molecule has 2 aliphatic rings. The maximum Gasteiger partial charge on any atom is 0.336 e. The van der Waals surface area contributed by atoms with E-state index in [1.807, 2.05) is 32.0 Å². The first kappa shape index (κ1) is 19.7. The van der Waals surface area contributed by atoms with Gasteiger partial charge in [0.15, 0.2) is 0 Å². The van der Waals surface area contributed by atoms with Crippen molar-refractivity contribution in [2.24, 2.45) is 11.3 Å². The van der Waals surface area contributed by atoms with Gasteiger partial charge < -0.3 is 10.1 Å². The van der Waals surface area contributed by atoms with Gasteiger partial charge in [-0.2, -0.15) is 0 Å². The Kier molecular flexibility index (Phi) is 4.97. The molecule has 0 bridgehead atoms. The normalized spacial score (nSPS) is 26.1. The average molecular weight is 392 g/mol. The molecule has 3 atom stereocenters. The molecular weight excluding hydrogens is 362 g/mol. The largest absolute Gasteiger partial charge is 0.463 e. The second kappa shape index (κ2) is 7.33. The van der Waals surface area contributed by atoms with Gasteiger partial charge in [0, 0.05) is 30.0 Å². The topological polar surface area (TPSA) is 55.4 Å². The molecule has 0 radical (unpaired) electrons. The Hall–Kier alpha value is -2.62. The van der Waals surface area contributed by atoms with Gasteiger partial charge in [-0.3, -0.25) is 4.79 Å². The Morgan fingerprint density at radius 2 is 1.90 bits per heavy atom. The third-order valence-corrected chi connectivity index (χ3v) is 6.36. The quantitative estimate of drug-likeness (QED) is 0.768. The molecule has 2 aromatic rings. The molecule has 0 amide bonds. The van der Waals surface area contributed by atoms with Crippen molar-refractivity contribution in [3.63, 3.8) is 0 Å². The lowest BCUT2D eigenvalue weighted by atomic mass is 9.61. The number of esters is 1. The maximum atomic E-state index is 13.4. The predicted octanol–water partition coefficient (Wildman–Crippen LogP) is 4.74. The molecule has 0 unspecified atom stereocenters. The fourth-order valence-corrected chi connectivity index (χ4v) is 5.30. The first-order chi connectivity index (χ1) is 13.8. The molecule has 1 aliphatic heterocycles. The highest BCUT2D eigenvalue weighted by molar-refractivity contribution is 5.97. The van der Waals surface area contributed by atoms with Gasteiger partial charge in [0.2, 0.25) is 0 Å². The number of nitrogens with one attached hydrogen (secondary N) is 1. The lowest BCUT2D eigenvalue weighted by Crippen LogP contribution is -2.54. The first-order valence-corrected chi connectivity index (χ1v) is 10.5. The monoisotopic (exact) mass is 391 g/mol. The summed E-state index contributed by atoms with van der Waals surface area (Å²) in [4.78, 5) is 26.4. The predicted molar refractivity (Wildman–Crippen MR) is 114 cm³/mol. The van der Waals surface area contributed by atoms with Gasteiger partial charge in [0.25, 0.3) is 0 Å². The van der Waals surface area contributed by atoms with Crippen LogP contribution in [0.3, 0.4) is 0 Å². The summed E-state index contributed by atoms with van der Waals surface area (Å²) in [6, 6.07) is 14.4. The zero-order valence-corrected chi connectivity index (χ0v) is 17.6. The summed E-state index contributed by atoms with van der Waals surface area (Å²) in [6.45, 7) is 8.36. The molecule has 2 aromatic carbocycles. The minimum Gasteiger partial charge on any atom is -0.463 e. The van der Waals surface area contributed by atoms with Crippen LogP contribution in [0.2, 0.25) is 0 Å². The Morgan fingerprint density at radius 3 is 2.66 bits per heavy atom. The van der Waals surface area contributed by atoms with Gasteiger partial charge >= 0.3 is 5.97 Å². The van der Waals surface area contributed by atoms with Gasteiger partial charge in [-0.25, -0.2) is 4.79 Å². The number of carbonyl (C=O) groups excluding carboxylic acids is 2. The van der Waals surface area contributed by atoms with E-state index in [1.54, 1.807) is 0 Å². The summed E-state index contributed by atoms with van der Waals surface area (Å²) in [7, 11) is 0. The van der Waals surface area contributed by atoms with Crippen molar-refractivity contribution in [3.05, 3.63) is 59.3 Å². The van der Waals surface area contributed by atoms with Crippen LogP contribution in [0.5, 0.6) is 0 Å². The number of Topliss-reactive ketones (excluding diaryl/α,β-unsaturated/α-hetero) is 1. The van der Waals surface area contributed by atoms with Crippen LogP contribution in [0, 0.1) is 11.3 Å². The minimum absolute atomic E-state index is 0.0217. The van der Waals surface area contributed by atoms with E-state index in [1.165, 1.54) is 0 Å². The zero-order chi connectivity index (χ0) is 20.8. The molecule has 1 saturated carbocycles. The standard InChI is InChI=1S/C25H29NO3/c1-5-29-24(28)21-15(2)26-19-13-25(3,4)14-20(27)23(19)22(21)18-12-8-10-16-9-6-7-11-17(16)18/h6-12,19,22-23,26H,5,13-14H2,1-4H3/t19-,22-,23+/m1/s1. The van der Waals surface area contributed by atoms with Crippen molar-refractivity contribution in [3.8, 4) is 0 Å². The van der Waals surface area contributed by atoms with E-state index in [-0.39, 0.29) is 35.0 Å². The van der Waals surface area contributed by atoms with Crippen LogP contribution in [0.4, 0.5) is 0 Å². The van der Waals surface area contributed by atoms with E-state index in [2.05, 4.69) is 43.4 Å². The van der Waals surface area contributed by atoms with Crippen molar-refractivity contribution in [1.29, 1.82) is 0 Å². The Morgan fingerprint density at radius 1 is 1.17 bits per heavy atom. The SMILES string of the molecule is CCOC(=O)C1=C(C)N[C@@H]2CC(C)(C)CC(=O)[C@H]2[C@@H]1c1cccc2ccccc12. The van der Waals surface area contributed by atoms with Gasteiger partial charge in [-0.15, -0.1) is 0 Å². The van der Waals surface area contributed by atoms with Gasteiger partial charge in [-0.1, -0.05) is 56.3 Å². The highest BCUT2D eigenvalue weighted by Gasteiger charge is 2.50. The van der Waals surface area contributed by atoms with Crippen LogP contribution in [0.1, 0.15) is 52.0 Å². The molecule has 0 spiro atoms. The number of carbonyl (C=O) groups is 2. The van der Waals surface area contributed by atoms with E-state index in [9.17, 15) is 9.59 Å². The second-order valence-electron chi connectivity index (χ2n) is 9.09. The third kappa shape index (κ3) is 3.45. The van der Waals surface area contributed by atoms with Crippen LogP contribution in [-0.4, -0.2) is 24.4 Å². The van der Waals surface area contributed by atoms with Crippen LogP contribution >= 0.6 is 0 Å². The number of allylic oxidation sites excluding steroid dienone is 1. The second-order valence-corrected chi connectivity index (χ2v) is 9.09. The minimum atomic E-state index is -0.327. The Balaban J connectivity index is 1.93. The molecular formula is C25H29NO3. The van der Waals surface area contributed by atoms with E-state index in [0.717, 1.165) is 28.5 Å². The van der Waals surface area contributed by atoms with Crippen LogP contribution in [0.25, 0.3) is 10.8 Å². The smallest absolute Gasteiger partial charge is 0.336 e. The third-order valence-electron chi connectivity index (χ3n) is 6.36. The van der Waals surface area contributed by atoms with Crippen molar-refractivity contribution in [1.82, 2.24) is 5.32 Å². The first-order valence-electron chi connectivity index (χ1n) is 10.5. The summed E-state index contributed by atoms with van der Waals surface area (Å²) >= 11 is 0. The number of fused-ring (bicyclic) bond motifs is 2. The van der Waals surface area contributed by atoms with Gasteiger partial charge in [0.1, 0.15) is 5.78 Å². The maximum absolute atomic E-state index is 13.4. The summed E-state index contributed by atoms with van der Waals surface area (Å²) < 4.78 is 5.42. The number of hydrogen-bond donors (Lipinski definition) is 1. The van der Waals surface area contributed by atoms with Gasteiger partial charge in [-0.05, 0) is 42.0 Å². The molecule has 4 heteroatoms. The molecule has 0 saturated heterocycles. The fraction of sp³-hybridized carbons (Fsp3) is 0.440.